The summed E-state index contributed by atoms with van der Waals surface area (Å²) < 4.78 is 5.73. The number of hydrogen-bond donors (Lipinski definition) is 0. The zero-order valence-corrected chi connectivity index (χ0v) is 12.0. The third-order valence-electron chi connectivity index (χ3n) is 3.16. The highest BCUT2D eigenvalue weighted by atomic mass is 16.5. The standard InChI is InChI=1S/C14H23N3O/c1-10-8-17(9-11(2)18-10)13-7-6-12(15-16-13)14(3,4)5/h6-7,10-11H,8-9H2,1-5H3. The van der Waals surface area contributed by atoms with E-state index in [1.807, 2.05) is 0 Å². The van der Waals surface area contributed by atoms with Crippen LogP contribution in [-0.4, -0.2) is 35.5 Å². The van der Waals surface area contributed by atoms with Gasteiger partial charge in [-0.1, -0.05) is 20.8 Å². The van der Waals surface area contributed by atoms with Crippen molar-refractivity contribution in [3.8, 4) is 0 Å². The molecule has 4 nitrogen and oxygen atoms in total. The van der Waals surface area contributed by atoms with Crippen molar-refractivity contribution in [1.29, 1.82) is 0 Å². The van der Waals surface area contributed by atoms with Crippen molar-refractivity contribution in [2.45, 2.75) is 52.2 Å². The highest BCUT2D eigenvalue weighted by Crippen LogP contribution is 2.22. The molecule has 1 saturated heterocycles. The van der Waals surface area contributed by atoms with Crippen molar-refractivity contribution >= 4 is 5.82 Å². The predicted molar refractivity (Wildman–Crippen MR) is 73.0 cm³/mol. The van der Waals surface area contributed by atoms with Gasteiger partial charge in [0.1, 0.15) is 0 Å². The first-order chi connectivity index (χ1) is 8.36. The molecule has 1 aliphatic heterocycles. The van der Waals surface area contributed by atoms with E-state index in [1.54, 1.807) is 0 Å². The van der Waals surface area contributed by atoms with Crippen LogP contribution in [0.2, 0.25) is 0 Å². The molecule has 0 aromatic carbocycles. The maximum absolute atomic E-state index is 5.73. The molecule has 2 atom stereocenters. The highest BCUT2D eigenvalue weighted by molar-refractivity contribution is 5.38. The fraction of sp³-hybridized carbons (Fsp3) is 0.714. The number of anilines is 1. The number of hydrogen-bond acceptors (Lipinski definition) is 4. The Labute approximate surface area is 109 Å². The van der Waals surface area contributed by atoms with Crippen molar-refractivity contribution in [1.82, 2.24) is 10.2 Å². The van der Waals surface area contributed by atoms with Gasteiger partial charge in [-0.15, -0.1) is 5.10 Å². The first kappa shape index (κ1) is 13.3. The third kappa shape index (κ3) is 2.99. The van der Waals surface area contributed by atoms with E-state index < -0.39 is 0 Å². The molecule has 1 aromatic heterocycles. The molecule has 2 unspecified atom stereocenters. The molecule has 2 rings (SSSR count). The largest absolute Gasteiger partial charge is 0.372 e. The van der Waals surface area contributed by atoms with Crippen LogP contribution in [0.3, 0.4) is 0 Å². The third-order valence-corrected chi connectivity index (χ3v) is 3.16. The lowest BCUT2D eigenvalue weighted by molar-refractivity contribution is -0.00551. The maximum atomic E-state index is 5.73. The van der Waals surface area contributed by atoms with E-state index in [0.717, 1.165) is 24.6 Å². The minimum atomic E-state index is 0.0527. The Hall–Kier alpha value is -1.16. The van der Waals surface area contributed by atoms with E-state index in [0.29, 0.717) is 0 Å². The lowest BCUT2D eigenvalue weighted by atomic mass is 9.92. The second kappa shape index (κ2) is 4.84. The number of ether oxygens (including phenoxy) is 1. The summed E-state index contributed by atoms with van der Waals surface area (Å²) in [6, 6.07) is 4.14. The second-order valence-electron chi connectivity index (χ2n) is 6.19. The molecule has 1 aliphatic rings. The van der Waals surface area contributed by atoms with Crippen LogP contribution in [0.15, 0.2) is 12.1 Å². The summed E-state index contributed by atoms with van der Waals surface area (Å²) >= 11 is 0. The van der Waals surface area contributed by atoms with Gasteiger partial charge in [-0.05, 0) is 26.0 Å². The molecular weight excluding hydrogens is 226 g/mol. The minimum absolute atomic E-state index is 0.0527. The van der Waals surface area contributed by atoms with Gasteiger partial charge in [0.25, 0.3) is 0 Å². The Kier molecular flexibility index (Phi) is 3.57. The van der Waals surface area contributed by atoms with Crippen molar-refractivity contribution in [3.63, 3.8) is 0 Å². The summed E-state index contributed by atoms with van der Waals surface area (Å²) in [4.78, 5) is 2.25. The van der Waals surface area contributed by atoms with E-state index >= 15 is 0 Å². The lowest BCUT2D eigenvalue weighted by Crippen LogP contribution is -2.46. The van der Waals surface area contributed by atoms with Gasteiger partial charge in [0.05, 0.1) is 17.9 Å². The summed E-state index contributed by atoms with van der Waals surface area (Å²) in [6.07, 6.45) is 0.496. The number of aromatic nitrogens is 2. The Morgan fingerprint density at radius 1 is 1.11 bits per heavy atom. The molecule has 4 heteroatoms. The topological polar surface area (TPSA) is 38.2 Å². The van der Waals surface area contributed by atoms with Gasteiger partial charge >= 0.3 is 0 Å². The average Bonchev–Trinajstić information content (AvgIpc) is 2.27. The minimum Gasteiger partial charge on any atom is -0.372 e. The fourth-order valence-corrected chi connectivity index (χ4v) is 2.26. The summed E-state index contributed by atoms with van der Waals surface area (Å²) in [5, 5.41) is 8.70. The molecule has 0 amide bonds. The average molecular weight is 249 g/mol. The predicted octanol–water partition coefficient (Wildman–Crippen LogP) is 2.39. The van der Waals surface area contributed by atoms with Crippen LogP contribution in [0.5, 0.6) is 0 Å². The van der Waals surface area contributed by atoms with E-state index in [-0.39, 0.29) is 17.6 Å². The molecule has 0 bridgehead atoms. The smallest absolute Gasteiger partial charge is 0.151 e. The maximum Gasteiger partial charge on any atom is 0.151 e. The number of morpholine rings is 1. The van der Waals surface area contributed by atoms with Crippen LogP contribution < -0.4 is 4.90 Å². The molecule has 18 heavy (non-hydrogen) atoms. The van der Waals surface area contributed by atoms with Gasteiger partial charge in [-0.25, -0.2) is 0 Å². The highest BCUT2D eigenvalue weighted by Gasteiger charge is 2.24. The first-order valence-electron chi connectivity index (χ1n) is 6.61. The van der Waals surface area contributed by atoms with Gasteiger partial charge in [0.15, 0.2) is 5.82 Å². The SMILES string of the molecule is CC1CN(c2ccc(C(C)(C)C)nn2)CC(C)O1. The summed E-state index contributed by atoms with van der Waals surface area (Å²) in [6.45, 7) is 12.4. The zero-order chi connectivity index (χ0) is 13.3. The van der Waals surface area contributed by atoms with Gasteiger partial charge < -0.3 is 9.64 Å². The molecule has 100 valence electrons. The monoisotopic (exact) mass is 249 g/mol. The van der Waals surface area contributed by atoms with Crippen molar-refractivity contribution in [2.75, 3.05) is 18.0 Å². The van der Waals surface area contributed by atoms with E-state index in [9.17, 15) is 0 Å². The van der Waals surface area contributed by atoms with Crippen molar-refractivity contribution in [3.05, 3.63) is 17.8 Å². The molecule has 1 fully saturated rings. The molecule has 0 spiro atoms. The van der Waals surface area contributed by atoms with E-state index in [1.165, 1.54) is 0 Å². The Morgan fingerprint density at radius 2 is 1.72 bits per heavy atom. The summed E-state index contributed by atoms with van der Waals surface area (Å²) in [7, 11) is 0. The van der Waals surface area contributed by atoms with Crippen LogP contribution in [-0.2, 0) is 10.2 Å². The molecule has 0 aliphatic carbocycles. The van der Waals surface area contributed by atoms with E-state index in [4.69, 9.17) is 4.74 Å². The first-order valence-corrected chi connectivity index (χ1v) is 6.61. The van der Waals surface area contributed by atoms with Crippen molar-refractivity contribution in [2.24, 2.45) is 0 Å². The second-order valence-corrected chi connectivity index (χ2v) is 6.19. The van der Waals surface area contributed by atoms with Crippen LogP contribution >= 0.6 is 0 Å². The van der Waals surface area contributed by atoms with Crippen LogP contribution in [0.1, 0.15) is 40.3 Å². The molecule has 2 heterocycles. The van der Waals surface area contributed by atoms with Gasteiger partial charge in [0.2, 0.25) is 0 Å². The van der Waals surface area contributed by atoms with Gasteiger partial charge in [-0.2, -0.15) is 5.10 Å². The Bertz CT molecular complexity index is 386. The Morgan fingerprint density at radius 3 is 2.17 bits per heavy atom. The summed E-state index contributed by atoms with van der Waals surface area (Å²) in [5.41, 5.74) is 1.08. The molecule has 1 aromatic rings. The molecule has 0 saturated carbocycles. The van der Waals surface area contributed by atoms with Crippen LogP contribution in [0.4, 0.5) is 5.82 Å². The van der Waals surface area contributed by atoms with Crippen LogP contribution in [0, 0.1) is 0 Å². The van der Waals surface area contributed by atoms with Gasteiger partial charge in [-0.3, -0.25) is 0 Å². The van der Waals surface area contributed by atoms with E-state index in [2.05, 4.69) is 61.8 Å². The van der Waals surface area contributed by atoms with Crippen LogP contribution in [0.25, 0.3) is 0 Å². The Balaban J connectivity index is 2.14. The zero-order valence-electron chi connectivity index (χ0n) is 12.0. The van der Waals surface area contributed by atoms with Crippen molar-refractivity contribution < 1.29 is 4.74 Å². The lowest BCUT2D eigenvalue weighted by Gasteiger charge is -2.35. The quantitative estimate of drug-likeness (QED) is 0.766. The van der Waals surface area contributed by atoms with Gasteiger partial charge in [0, 0.05) is 18.5 Å². The number of rotatable bonds is 1. The molecule has 0 radical (unpaired) electrons. The normalized spacial score (nSPS) is 25.3. The number of nitrogens with zero attached hydrogens (tertiary/aromatic N) is 3. The molecular formula is C14H23N3O. The molecule has 0 N–H and O–H groups in total. The fourth-order valence-electron chi connectivity index (χ4n) is 2.26. The summed E-state index contributed by atoms with van der Waals surface area (Å²) in [5.74, 6) is 0.949.